The lowest BCUT2D eigenvalue weighted by Crippen LogP contribution is -2.37. The van der Waals surface area contributed by atoms with Crippen molar-refractivity contribution in [3.63, 3.8) is 0 Å². The molecule has 0 atom stereocenters. The Morgan fingerprint density at radius 3 is 2.10 bits per heavy atom. The zero-order valence-corrected chi connectivity index (χ0v) is 23.6. The molecule has 2 aromatic carbocycles. The van der Waals surface area contributed by atoms with Gasteiger partial charge in [-0.25, -0.2) is 14.1 Å². The van der Waals surface area contributed by atoms with E-state index >= 15 is 0 Å². The van der Waals surface area contributed by atoms with Crippen LogP contribution in [0.25, 0.3) is 27.5 Å². The van der Waals surface area contributed by atoms with Gasteiger partial charge in [0.2, 0.25) is 0 Å². The standard InChI is InChI=1S/C30H35N5O6/c1-4-31-29(36)40-18-24-25(19-41-30(37)32-5-2)27-22-8-6-7-9-23(22)28(34-14-16-39-17-15-34)33-35(27)26(24)20-10-12-21(38-3)13-11-20/h6-13H,4-5,14-19H2,1-3H3,(H,31,36)(H,32,37). The number of ether oxygens (including phenoxy) is 4. The summed E-state index contributed by atoms with van der Waals surface area (Å²) in [5.74, 6) is 1.54. The smallest absolute Gasteiger partial charge is 0.407 e. The Kier molecular flexibility index (Phi) is 8.73. The predicted molar refractivity (Wildman–Crippen MR) is 155 cm³/mol. The van der Waals surface area contributed by atoms with Crippen LogP contribution < -0.4 is 20.3 Å². The van der Waals surface area contributed by atoms with E-state index in [1.165, 1.54) is 0 Å². The van der Waals surface area contributed by atoms with Gasteiger partial charge in [-0.2, -0.15) is 0 Å². The summed E-state index contributed by atoms with van der Waals surface area (Å²) in [4.78, 5) is 27.0. The van der Waals surface area contributed by atoms with Crippen molar-refractivity contribution in [3.8, 4) is 17.0 Å². The summed E-state index contributed by atoms with van der Waals surface area (Å²) in [5.41, 5.74) is 3.77. The van der Waals surface area contributed by atoms with Crippen LogP contribution in [0.1, 0.15) is 25.0 Å². The Balaban J connectivity index is 1.79. The molecule has 1 fully saturated rings. The third-order valence-corrected chi connectivity index (χ3v) is 6.99. The van der Waals surface area contributed by atoms with Gasteiger partial charge >= 0.3 is 12.2 Å². The van der Waals surface area contributed by atoms with E-state index in [-0.39, 0.29) is 13.2 Å². The van der Waals surface area contributed by atoms with E-state index in [1.807, 2.05) is 66.9 Å². The van der Waals surface area contributed by atoms with Crippen LogP contribution in [-0.4, -0.2) is 68.3 Å². The second-order valence-electron chi connectivity index (χ2n) is 9.48. The first kappa shape index (κ1) is 28.0. The van der Waals surface area contributed by atoms with E-state index in [4.69, 9.17) is 24.0 Å². The molecule has 4 aromatic rings. The number of anilines is 1. The summed E-state index contributed by atoms with van der Waals surface area (Å²) in [6.07, 6.45) is -1.07. The van der Waals surface area contributed by atoms with Crippen LogP contribution in [0.5, 0.6) is 5.75 Å². The Hall–Kier alpha value is -4.51. The number of carbonyl (C=O) groups excluding carboxylic acids is 2. The molecule has 1 aliphatic heterocycles. The van der Waals surface area contributed by atoms with Gasteiger partial charge in [0, 0.05) is 53.6 Å². The van der Waals surface area contributed by atoms with Gasteiger partial charge in [-0.05, 0) is 38.1 Å². The average Bonchev–Trinajstić information content (AvgIpc) is 3.32. The van der Waals surface area contributed by atoms with Crippen LogP contribution in [0.15, 0.2) is 48.5 Å². The van der Waals surface area contributed by atoms with Crippen molar-refractivity contribution in [2.45, 2.75) is 27.1 Å². The molecule has 0 saturated carbocycles. The molecule has 216 valence electrons. The normalized spacial score (nSPS) is 13.3. The number of nitrogens with one attached hydrogen (secondary N) is 2. The fourth-order valence-corrected chi connectivity index (χ4v) is 5.09. The first-order valence-electron chi connectivity index (χ1n) is 13.8. The molecule has 11 nitrogen and oxygen atoms in total. The molecule has 2 amide bonds. The first-order chi connectivity index (χ1) is 20.0. The molecule has 0 radical (unpaired) electrons. The fraction of sp³-hybridized carbons (Fsp3) is 0.367. The number of fused-ring (bicyclic) bond motifs is 3. The number of methoxy groups -OCH3 is 1. The fourth-order valence-electron chi connectivity index (χ4n) is 5.09. The minimum absolute atomic E-state index is 0.0395. The van der Waals surface area contributed by atoms with Gasteiger partial charge in [-0.15, -0.1) is 5.10 Å². The molecule has 1 aliphatic rings. The molecule has 5 rings (SSSR count). The Morgan fingerprint density at radius 2 is 1.49 bits per heavy atom. The van der Waals surface area contributed by atoms with Crippen molar-refractivity contribution in [2.24, 2.45) is 0 Å². The van der Waals surface area contributed by atoms with Gasteiger partial charge in [0.15, 0.2) is 5.82 Å². The average molecular weight is 562 g/mol. The third-order valence-electron chi connectivity index (χ3n) is 6.99. The lowest BCUT2D eigenvalue weighted by molar-refractivity contribution is 0.122. The zero-order valence-electron chi connectivity index (χ0n) is 23.6. The van der Waals surface area contributed by atoms with Gasteiger partial charge in [-0.1, -0.05) is 24.3 Å². The zero-order chi connectivity index (χ0) is 28.8. The number of rotatable bonds is 9. The number of benzene rings is 2. The maximum atomic E-state index is 12.4. The summed E-state index contributed by atoms with van der Waals surface area (Å²) in [6, 6.07) is 15.7. The van der Waals surface area contributed by atoms with E-state index in [1.54, 1.807) is 7.11 Å². The van der Waals surface area contributed by atoms with Gasteiger partial charge in [-0.3, -0.25) is 0 Å². The molecule has 11 heteroatoms. The maximum absolute atomic E-state index is 12.4. The van der Waals surface area contributed by atoms with E-state index in [2.05, 4.69) is 15.5 Å². The molecule has 0 aliphatic carbocycles. The first-order valence-corrected chi connectivity index (χ1v) is 13.8. The molecule has 2 aromatic heterocycles. The van der Waals surface area contributed by atoms with Crippen LogP contribution >= 0.6 is 0 Å². The minimum Gasteiger partial charge on any atom is -0.497 e. The number of morpholine rings is 1. The number of hydrogen-bond acceptors (Lipinski definition) is 8. The van der Waals surface area contributed by atoms with Crippen molar-refractivity contribution < 1.29 is 28.5 Å². The molecule has 0 bridgehead atoms. The lowest BCUT2D eigenvalue weighted by atomic mass is 10.0. The lowest BCUT2D eigenvalue weighted by Gasteiger charge is -2.29. The van der Waals surface area contributed by atoms with Crippen molar-refractivity contribution in [1.29, 1.82) is 0 Å². The summed E-state index contributed by atoms with van der Waals surface area (Å²) >= 11 is 0. The summed E-state index contributed by atoms with van der Waals surface area (Å²) in [7, 11) is 1.62. The number of aromatic nitrogens is 2. The molecule has 3 heterocycles. The maximum Gasteiger partial charge on any atom is 0.407 e. The SMILES string of the molecule is CCNC(=O)OCc1c(COC(=O)NCC)c2c3ccccc3c(N3CCOCC3)nn2c1-c1ccc(OC)cc1. The van der Waals surface area contributed by atoms with Crippen LogP contribution in [-0.2, 0) is 27.4 Å². The largest absolute Gasteiger partial charge is 0.497 e. The Labute approximate surface area is 238 Å². The van der Waals surface area contributed by atoms with E-state index in [0.29, 0.717) is 56.3 Å². The minimum atomic E-state index is -0.536. The van der Waals surface area contributed by atoms with Crippen molar-refractivity contribution >= 4 is 34.3 Å². The quantitative estimate of drug-likeness (QED) is 0.307. The van der Waals surface area contributed by atoms with Crippen LogP contribution in [0, 0.1) is 0 Å². The number of hydrogen-bond donors (Lipinski definition) is 2. The van der Waals surface area contributed by atoms with Crippen molar-refractivity contribution in [1.82, 2.24) is 20.2 Å². The molecular formula is C30H35N5O6. The highest BCUT2D eigenvalue weighted by molar-refractivity contribution is 6.04. The van der Waals surface area contributed by atoms with E-state index < -0.39 is 12.2 Å². The monoisotopic (exact) mass is 561 g/mol. The molecule has 1 saturated heterocycles. The molecule has 0 unspecified atom stereocenters. The van der Waals surface area contributed by atoms with Crippen molar-refractivity contribution in [3.05, 3.63) is 59.7 Å². The van der Waals surface area contributed by atoms with Gasteiger partial charge in [0.05, 0.1) is 31.5 Å². The van der Waals surface area contributed by atoms with Crippen LogP contribution in [0.4, 0.5) is 15.4 Å². The highest BCUT2D eigenvalue weighted by atomic mass is 16.6. The molecule has 41 heavy (non-hydrogen) atoms. The highest BCUT2D eigenvalue weighted by Gasteiger charge is 2.27. The molecule has 0 spiro atoms. The second-order valence-corrected chi connectivity index (χ2v) is 9.48. The third kappa shape index (κ3) is 5.85. The predicted octanol–water partition coefficient (Wildman–Crippen LogP) is 4.49. The topological polar surface area (TPSA) is 116 Å². The highest BCUT2D eigenvalue weighted by Crippen LogP contribution is 2.39. The Morgan fingerprint density at radius 1 is 0.878 bits per heavy atom. The van der Waals surface area contributed by atoms with Gasteiger partial charge < -0.3 is 34.5 Å². The Bertz CT molecular complexity index is 1530. The van der Waals surface area contributed by atoms with Gasteiger partial charge in [0.1, 0.15) is 19.0 Å². The van der Waals surface area contributed by atoms with Gasteiger partial charge in [0.25, 0.3) is 0 Å². The number of carbonyl (C=O) groups is 2. The van der Waals surface area contributed by atoms with E-state index in [0.717, 1.165) is 33.4 Å². The number of alkyl carbamates (subject to hydrolysis) is 2. The number of nitrogens with zero attached hydrogens (tertiary/aromatic N) is 3. The van der Waals surface area contributed by atoms with Crippen LogP contribution in [0.2, 0.25) is 0 Å². The van der Waals surface area contributed by atoms with Crippen LogP contribution in [0.3, 0.4) is 0 Å². The summed E-state index contributed by atoms with van der Waals surface area (Å²) in [5, 5.41) is 12.5. The van der Waals surface area contributed by atoms with Crippen molar-refractivity contribution in [2.75, 3.05) is 51.4 Å². The second kappa shape index (κ2) is 12.8. The number of amides is 2. The molecule has 2 N–H and O–H groups in total. The molecular weight excluding hydrogens is 526 g/mol. The van der Waals surface area contributed by atoms with E-state index in [9.17, 15) is 9.59 Å². The summed E-state index contributed by atoms with van der Waals surface area (Å²) in [6.45, 7) is 7.08. The summed E-state index contributed by atoms with van der Waals surface area (Å²) < 4.78 is 24.2.